The van der Waals surface area contributed by atoms with Crippen LogP contribution in [0.2, 0.25) is 5.02 Å². The number of halogens is 1. The Kier molecular flexibility index (Phi) is 3.81. The molecule has 15 heavy (non-hydrogen) atoms. The Morgan fingerprint density at radius 2 is 2.00 bits per heavy atom. The highest BCUT2D eigenvalue weighted by atomic mass is 35.5. The van der Waals surface area contributed by atoms with E-state index in [4.69, 9.17) is 26.3 Å². The van der Waals surface area contributed by atoms with Crippen LogP contribution in [0, 0.1) is 11.3 Å². The molecule has 0 amide bonds. The van der Waals surface area contributed by atoms with Gasteiger partial charge in [-0.25, -0.2) is 0 Å². The summed E-state index contributed by atoms with van der Waals surface area (Å²) >= 11 is 5.86. The first-order chi connectivity index (χ1) is 7.08. The predicted octanol–water partition coefficient (Wildman–Crippen LogP) is 3.01. The van der Waals surface area contributed by atoms with Crippen molar-refractivity contribution in [1.82, 2.24) is 0 Å². The van der Waals surface area contributed by atoms with E-state index in [2.05, 4.69) is 0 Å². The summed E-state index contributed by atoms with van der Waals surface area (Å²) in [4.78, 5) is 0. The topological polar surface area (TPSA) is 42.2 Å². The zero-order valence-electron chi connectivity index (χ0n) is 8.87. The third kappa shape index (κ3) is 2.77. The monoisotopic (exact) mass is 225 g/mol. The zero-order valence-corrected chi connectivity index (χ0v) is 9.63. The SMILES string of the molecule is COc1cc(Cl)c(C#N)cc1OC(C)C. The van der Waals surface area contributed by atoms with Crippen LogP contribution in [0.25, 0.3) is 0 Å². The van der Waals surface area contributed by atoms with Crippen LogP contribution in [0.4, 0.5) is 0 Å². The van der Waals surface area contributed by atoms with Crippen molar-refractivity contribution in [2.24, 2.45) is 0 Å². The Hall–Kier alpha value is -1.40. The van der Waals surface area contributed by atoms with Gasteiger partial charge in [-0.2, -0.15) is 5.26 Å². The van der Waals surface area contributed by atoms with E-state index in [-0.39, 0.29) is 6.10 Å². The minimum Gasteiger partial charge on any atom is -0.493 e. The molecule has 0 saturated carbocycles. The molecule has 0 atom stereocenters. The smallest absolute Gasteiger partial charge is 0.162 e. The van der Waals surface area contributed by atoms with E-state index in [0.29, 0.717) is 22.1 Å². The summed E-state index contributed by atoms with van der Waals surface area (Å²) in [5.74, 6) is 1.07. The highest BCUT2D eigenvalue weighted by molar-refractivity contribution is 6.31. The fourth-order valence-electron chi connectivity index (χ4n) is 1.13. The lowest BCUT2D eigenvalue weighted by Crippen LogP contribution is -2.07. The second-order valence-electron chi connectivity index (χ2n) is 3.26. The maximum atomic E-state index is 8.81. The summed E-state index contributed by atoms with van der Waals surface area (Å²) in [5, 5.41) is 9.18. The normalized spacial score (nSPS) is 9.87. The van der Waals surface area contributed by atoms with Gasteiger partial charge in [0.05, 0.1) is 23.8 Å². The van der Waals surface area contributed by atoms with Gasteiger partial charge in [-0.1, -0.05) is 11.6 Å². The molecule has 0 aliphatic heterocycles. The average Bonchev–Trinajstić information content (AvgIpc) is 2.19. The molecule has 0 saturated heterocycles. The average molecular weight is 226 g/mol. The molecule has 1 rings (SSSR count). The summed E-state index contributed by atoms with van der Waals surface area (Å²) in [6.45, 7) is 3.81. The highest BCUT2D eigenvalue weighted by Crippen LogP contribution is 2.33. The molecule has 3 nitrogen and oxygen atoms in total. The van der Waals surface area contributed by atoms with Crippen molar-refractivity contribution in [3.8, 4) is 17.6 Å². The molecular formula is C11H12ClNO2. The lowest BCUT2D eigenvalue weighted by Gasteiger charge is -2.14. The van der Waals surface area contributed by atoms with Crippen LogP contribution in [0.3, 0.4) is 0 Å². The summed E-state index contributed by atoms with van der Waals surface area (Å²) in [7, 11) is 1.53. The number of hydrogen-bond acceptors (Lipinski definition) is 3. The first-order valence-corrected chi connectivity index (χ1v) is 4.90. The van der Waals surface area contributed by atoms with Crippen molar-refractivity contribution in [3.63, 3.8) is 0 Å². The van der Waals surface area contributed by atoms with Crippen molar-refractivity contribution in [2.75, 3.05) is 7.11 Å². The van der Waals surface area contributed by atoms with Gasteiger partial charge < -0.3 is 9.47 Å². The van der Waals surface area contributed by atoms with E-state index in [1.807, 2.05) is 19.9 Å². The van der Waals surface area contributed by atoms with E-state index in [9.17, 15) is 0 Å². The molecule has 0 aliphatic carbocycles. The number of ether oxygens (including phenoxy) is 2. The fraction of sp³-hybridized carbons (Fsp3) is 0.364. The number of methoxy groups -OCH3 is 1. The minimum absolute atomic E-state index is 0.0200. The van der Waals surface area contributed by atoms with Crippen LogP contribution in [0.1, 0.15) is 19.4 Å². The van der Waals surface area contributed by atoms with Gasteiger partial charge >= 0.3 is 0 Å². The summed E-state index contributed by atoms with van der Waals surface area (Å²) < 4.78 is 10.6. The van der Waals surface area contributed by atoms with E-state index in [1.165, 1.54) is 7.11 Å². The molecule has 0 heterocycles. The Balaban J connectivity index is 3.18. The van der Waals surface area contributed by atoms with Crippen LogP contribution in [0.15, 0.2) is 12.1 Å². The van der Waals surface area contributed by atoms with E-state index in [1.54, 1.807) is 12.1 Å². The molecule has 1 aromatic carbocycles. The zero-order chi connectivity index (χ0) is 11.4. The molecule has 4 heteroatoms. The van der Waals surface area contributed by atoms with Gasteiger partial charge in [-0.3, -0.25) is 0 Å². The van der Waals surface area contributed by atoms with Crippen molar-refractivity contribution in [2.45, 2.75) is 20.0 Å². The number of nitriles is 1. The van der Waals surface area contributed by atoms with E-state index < -0.39 is 0 Å². The molecule has 0 bridgehead atoms. The lowest BCUT2D eigenvalue weighted by molar-refractivity contribution is 0.230. The fourth-order valence-corrected chi connectivity index (χ4v) is 1.32. The summed E-state index contributed by atoms with van der Waals surface area (Å²) in [6.07, 6.45) is 0.0200. The van der Waals surface area contributed by atoms with Gasteiger partial charge in [0.1, 0.15) is 6.07 Å². The van der Waals surface area contributed by atoms with Crippen LogP contribution < -0.4 is 9.47 Å². The van der Waals surface area contributed by atoms with Crippen molar-refractivity contribution in [1.29, 1.82) is 5.26 Å². The third-order valence-corrected chi connectivity index (χ3v) is 2.05. The van der Waals surface area contributed by atoms with Crippen molar-refractivity contribution >= 4 is 11.6 Å². The van der Waals surface area contributed by atoms with Crippen LogP contribution in [-0.4, -0.2) is 13.2 Å². The number of rotatable bonds is 3. The standard InChI is InChI=1S/C11H12ClNO2/c1-7(2)15-11-4-8(6-13)9(12)5-10(11)14-3/h4-5,7H,1-3H3. The van der Waals surface area contributed by atoms with Gasteiger partial charge in [-0.15, -0.1) is 0 Å². The molecule has 0 N–H and O–H groups in total. The Labute approximate surface area is 94.2 Å². The second-order valence-corrected chi connectivity index (χ2v) is 3.67. The molecule has 0 aromatic heterocycles. The quantitative estimate of drug-likeness (QED) is 0.794. The van der Waals surface area contributed by atoms with Gasteiger partial charge in [0.15, 0.2) is 11.5 Å². The van der Waals surface area contributed by atoms with Crippen molar-refractivity contribution < 1.29 is 9.47 Å². The number of nitrogens with zero attached hydrogens (tertiary/aromatic N) is 1. The first-order valence-electron chi connectivity index (χ1n) is 4.52. The van der Waals surface area contributed by atoms with Crippen molar-refractivity contribution in [3.05, 3.63) is 22.7 Å². The van der Waals surface area contributed by atoms with Gasteiger partial charge in [-0.05, 0) is 13.8 Å². The maximum Gasteiger partial charge on any atom is 0.162 e. The first kappa shape index (κ1) is 11.7. The largest absolute Gasteiger partial charge is 0.493 e. The van der Waals surface area contributed by atoms with E-state index >= 15 is 0 Å². The lowest BCUT2D eigenvalue weighted by atomic mass is 10.2. The molecule has 0 aliphatic rings. The Morgan fingerprint density at radius 3 is 2.47 bits per heavy atom. The predicted molar refractivity (Wildman–Crippen MR) is 58.5 cm³/mol. The molecule has 0 radical (unpaired) electrons. The van der Waals surface area contributed by atoms with E-state index in [0.717, 1.165) is 0 Å². The van der Waals surface area contributed by atoms with Crippen LogP contribution >= 0.6 is 11.6 Å². The van der Waals surface area contributed by atoms with Gasteiger partial charge in [0.2, 0.25) is 0 Å². The Morgan fingerprint density at radius 1 is 1.33 bits per heavy atom. The second kappa shape index (κ2) is 4.90. The van der Waals surface area contributed by atoms with Gasteiger partial charge in [0, 0.05) is 12.1 Å². The number of benzene rings is 1. The molecule has 80 valence electrons. The molecular weight excluding hydrogens is 214 g/mol. The molecule has 0 fully saturated rings. The molecule has 0 unspecified atom stereocenters. The maximum absolute atomic E-state index is 8.81. The third-order valence-electron chi connectivity index (χ3n) is 1.74. The van der Waals surface area contributed by atoms with Crippen LogP contribution in [-0.2, 0) is 0 Å². The van der Waals surface area contributed by atoms with Gasteiger partial charge in [0.25, 0.3) is 0 Å². The number of hydrogen-bond donors (Lipinski definition) is 0. The summed E-state index contributed by atoms with van der Waals surface area (Å²) in [6, 6.07) is 5.16. The Bertz CT molecular complexity index is 396. The molecule has 0 spiro atoms. The summed E-state index contributed by atoms with van der Waals surface area (Å²) in [5.41, 5.74) is 0.383. The van der Waals surface area contributed by atoms with Crippen LogP contribution in [0.5, 0.6) is 11.5 Å². The highest BCUT2D eigenvalue weighted by Gasteiger charge is 2.11. The molecule has 1 aromatic rings. The minimum atomic E-state index is 0.0200.